The predicted molar refractivity (Wildman–Crippen MR) is 235 cm³/mol. The van der Waals surface area contributed by atoms with E-state index in [0.717, 1.165) is 27.6 Å². The van der Waals surface area contributed by atoms with Gasteiger partial charge in [-0.15, -0.1) is 11.3 Å². The van der Waals surface area contributed by atoms with Crippen molar-refractivity contribution in [3.8, 4) is 44.8 Å². The maximum atomic E-state index is 12.2. The summed E-state index contributed by atoms with van der Waals surface area (Å²) in [5, 5.41) is 32.9. The number of pyridine rings is 1. The minimum Gasteiger partial charge on any atom is -0.494 e. The standard InChI is InChI=1S/C45H45N11O4S/c1-28-24-55(26-47-28)35-14-12-30(20-37(35)59-5)49-42-51-33(32-10-7-8-18-46-32)22-40(53-42)44(3,57)16-17-45(4,58)41-23-34(39-11-9-19-61-39)52-43(54-41)50-31-13-15-36(38(21-31)60-6)56-25-29(2)48-27-56/h7-15,18-27,57-58H,16-17H2,1-6H3,(H,49,51,53)(H,50,52,54). The van der Waals surface area contributed by atoms with Crippen molar-refractivity contribution in [1.82, 2.24) is 44.0 Å². The zero-order valence-corrected chi connectivity index (χ0v) is 35.3. The molecule has 0 aliphatic rings. The van der Waals surface area contributed by atoms with E-state index >= 15 is 0 Å². The lowest BCUT2D eigenvalue weighted by Crippen LogP contribution is -2.30. The number of aryl methyl sites for hydroxylation is 2. The number of hydrogen-bond donors (Lipinski definition) is 4. The van der Waals surface area contributed by atoms with Gasteiger partial charge in [-0.05, 0) is 101 Å². The number of imidazole rings is 2. The monoisotopic (exact) mass is 835 g/mol. The summed E-state index contributed by atoms with van der Waals surface area (Å²) in [7, 11) is 3.22. The first-order chi connectivity index (χ1) is 29.4. The molecule has 8 rings (SSSR count). The number of nitrogens with one attached hydrogen (secondary N) is 2. The minimum atomic E-state index is -1.52. The molecule has 0 radical (unpaired) electrons. The number of benzene rings is 2. The molecule has 0 spiro atoms. The number of rotatable bonds is 15. The van der Waals surface area contributed by atoms with Crippen molar-refractivity contribution in [3.63, 3.8) is 0 Å². The molecule has 6 heterocycles. The molecule has 0 aliphatic carbocycles. The average Bonchev–Trinajstić information content (AvgIpc) is 4.06. The van der Waals surface area contributed by atoms with Crippen molar-refractivity contribution in [2.75, 3.05) is 24.9 Å². The van der Waals surface area contributed by atoms with Gasteiger partial charge < -0.3 is 39.5 Å². The smallest absolute Gasteiger partial charge is 0.228 e. The molecule has 15 nitrogen and oxygen atoms in total. The van der Waals surface area contributed by atoms with Crippen molar-refractivity contribution in [2.45, 2.75) is 51.7 Å². The van der Waals surface area contributed by atoms with Crippen molar-refractivity contribution < 1.29 is 19.7 Å². The molecule has 0 saturated carbocycles. The van der Waals surface area contributed by atoms with Gasteiger partial charge in [0.25, 0.3) is 0 Å². The quantitative estimate of drug-likeness (QED) is 0.0773. The second-order valence-corrected chi connectivity index (χ2v) is 16.0. The molecule has 2 aromatic carbocycles. The minimum absolute atomic E-state index is 0.110. The van der Waals surface area contributed by atoms with Gasteiger partial charge in [0.15, 0.2) is 0 Å². The molecule has 0 bridgehead atoms. The first-order valence-corrected chi connectivity index (χ1v) is 20.4. The van der Waals surface area contributed by atoms with Crippen molar-refractivity contribution >= 4 is 34.6 Å². The lowest BCUT2D eigenvalue weighted by Gasteiger charge is -2.29. The van der Waals surface area contributed by atoms with Gasteiger partial charge in [0.1, 0.15) is 22.7 Å². The van der Waals surface area contributed by atoms with Crippen molar-refractivity contribution in [2.24, 2.45) is 0 Å². The maximum Gasteiger partial charge on any atom is 0.228 e. The molecule has 4 N–H and O–H groups in total. The maximum absolute atomic E-state index is 12.2. The number of anilines is 4. The van der Waals surface area contributed by atoms with Crippen LogP contribution in [-0.2, 0) is 11.2 Å². The van der Waals surface area contributed by atoms with Crippen LogP contribution in [0.1, 0.15) is 49.5 Å². The number of ether oxygens (including phenoxy) is 2. The fraction of sp³-hybridized carbons (Fsp3) is 0.222. The number of aliphatic hydroxyl groups is 2. The van der Waals surface area contributed by atoms with Crippen LogP contribution in [0.25, 0.3) is 33.3 Å². The summed E-state index contributed by atoms with van der Waals surface area (Å²) in [4.78, 5) is 33.3. The number of aromatic nitrogens is 9. The second kappa shape index (κ2) is 16.9. The van der Waals surface area contributed by atoms with E-state index in [-0.39, 0.29) is 24.7 Å². The van der Waals surface area contributed by atoms with E-state index in [0.29, 0.717) is 51.3 Å². The zero-order valence-electron chi connectivity index (χ0n) is 34.5. The van der Waals surface area contributed by atoms with Crippen LogP contribution in [0.4, 0.5) is 23.3 Å². The van der Waals surface area contributed by atoms with Gasteiger partial charge in [0.05, 0.1) is 83.0 Å². The van der Waals surface area contributed by atoms with E-state index in [1.807, 2.05) is 107 Å². The summed E-state index contributed by atoms with van der Waals surface area (Å²) in [6.07, 6.45) is 9.22. The molecule has 16 heteroatoms. The summed E-state index contributed by atoms with van der Waals surface area (Å²) in [6, 6.07) is 24.3. The Labute approximate surface area is 356 Å². The molecule has 0 saturated heterocycles. The molecule has 310 valence electrons. The van der Waals surface area contributed by atoms with Crippen LogP contribution < -0.4 is 20.1 Å². The van der Waals surface area contributed by atoms with Gasteiger partial charge in [-0.25, -0.2) is 29.9 Å². The molecule has 6 aromatic heterocycles. The lowest BCUT2D eigenvalue weighted by molar-refractivity contribution is -0.0119. The molecular formula is C45H45N11O4S. The van der Waals surface area contributed by atoms with Gasteiger partial charge in [0.2, 0.25) is 11.9 Å². The summed E-state index contributed by atoms with van der Waals surface area (Å²) in [5.74, 6) is 1.77. The summed E-state index contributed by atoms with van der Waals surface area (Å²) >= 11 is 1.53. The number of hydrogen-bond acceptors (Lipinski definition) is 14. The van der Waals surface area contributed by atoms with Crippen LogP contribution in [0.3, 0.4) is 0 Å². The third kappa shape index (κ3) is 9.11. The van der Waals surface area contributed by atoms with Crippen LogP contribution in [0.2, 0.25) is 0 Å². The average molecular weight is 836 g/mol. The Morgan fingerprint density at radius 2 is 1.16 bits per heavy atom. The molecule has 2 atom stereocenters. The van der Waals surface area contributed by atoms with Gasteiger partial charge in [-0.1, -0.05) is 12.1 Å². The highest BCUT2D eigenvalue weighted by Gasteiger charge is 2.34. The lowest BCUT2D eigenvalue weighted by atomic mass is 9.87. The van der Waals surface area contributed by atoms with E-state index < -0.39 is 11.2 Å². The summed E-state index contributed by atoms with van der Waals surface area (Å²) in [5.41, 5.74) is 4.22. The van der Waals surface area contributed by atoms with E-state index in [2.05, 4.69) is 25.6 Å². The molecule has 0 amide bonds. The third-order valence-electron chi connectivity index (χ3n) is 10.2. The van der Waals surface area contributed by atoms with E-state index in [1.165, 1.54) is 11.3 Å². The molecule has 2 unspecified atom stereocenters. The Hall–Kier alpha value is -7.01. The van der Waals surface area contributed by atoms with Gasteiger partial charge in [-0.3, -0.25) is 4.98 Å². The Kier molecular flexibility index (Phi) is 11.3. The molecule has 0 aliphatic heterocycles. The fourth-order valence-electron chi connectivity index (χ4n) is 6.80. The zero-order chi connectivity index (χ0) is 42.7. The van der Waals surface area contributed by atoms with E-state index in [1.54, 1.807) is 59.1 Å². The highest BCUT2D eigenvalue weighted by molar-refractivity contribution is 7.13. The number of thiophene rings is 1. The number of methoxy groups -OCH3 is 2. The van der Waals surface area contributed by atoms with Crippen molar-refractivity contribution in [3.05, 3.63) is 138 Å². The van der Waals surface area contributed by atoms with E-state index in [9.17, 15) is 10.2 Å². The Balaban J connectivity index is 1.07. The van der Waals surface area contributed by atoms with Gasteiger partial charge in [-0.2, -0.15) is 0 Å². The Morgan fingerprint density at radius 1 is 0.623 bits per heavy atom. The van der Waals surface area contributed by atoms with Crippen LogP contribution in [0.5, 0.6) is 11.5 Å². The molecule has 61 heavy (non-hydrogen) atoms. The van der Waals surface area contributed by atoms with Gasteiger partial charge >= 0.3 is 0 Å². The highest BCUT2D eigenvalue weighted by Crippen LogP contribution is 2.37. The van der Waals surface area contributed by atoms with Crippen LogP contribution in [0, 0.1) is 13.8 Å². The molecular weight excluding hydrogens is 791 g/mol. The predicted octanol–water partition coefficient (Wildman–Crippen LogP) is 8.45. The first kappa shape index (κ1) is 40.8. The van der Waals surface area contributed by atoms with Gasteiger partial charge in [0, 0.05) is 42.1 Å². The molecule has 8 aromatic rings. The fourth-order valence-corrected chi connectivity index (χ4v) is 7.48. The summed E-state index contributed by atoms with van der Waals surface area (Å²) in [6.45, 7) is 7.22. The topological polar surface area (TPSA) is 183 Å². The Bertz CT molecular complexity index is 2790. The normalized spacial score (nSPS) is 13.3. The van der Waals surface area contributed by atoms with Crippen LogP contribution in [0.15, 0.2) is 115 Å². The second-order valence-electron chi connectivity index (χ2n) is 15.0. The molecule has 0 fully saturated rings. The first-order valence-electron chi connectivity index (χ1n) is 19.5. The SMILES string of the molecule is COc1cc(Nc2nc(-c3ccccn3)cc(C(C)(O)CCC(C)(O)c3cc(-c4cccs4)nc(Nc4ccc(-n5cnc(C)c5)c(OC)c4)n3)n2)ccc1-n1cnc(C)c1. The van der Waals surface area contributed by atoms with Crippen LogP contribution in [-0.4, -0.2) is 68.5 Å². The largest absolute Gasteiger partial charge is 0.494 e. The summed E-state index contributed by atoms with van der Waals surface area (Å²) < 4.78 is 15.3. The Morgan fingerprint density at radius 3 is 1.62 bits per heavy atom. The van der Waals surface area contributed by atoms with E-state index in [4.69, 9.17) is 29.4 Å². The highest BCUT2D eigenvalue weighted by atomic mass is 32.1. The number of nitrogens with zero attached hydrogens (tertiary/aromatic N) is 9. The van der Waals surface area contributed by atoms with Crippen molar-refractivity contribution in [1.29, 1.82) is 0 Å². The third-order valence-corrected chi connectivity index (χ3v) is 11.1. The van der Waals surface area contributed by atoms with Crippen LogP contribution >= 0.6 is 11.3 Å².